The van der Waals surface area contributed by atoms with Crippen LogP contribution in [0.5, 0.6) is 17.2 Å². The Bertz CT molecular complexity index is 1470. The highest BCUT2D eigenvalue weighted by Crippen LogP contribution is 2.32. The van der Waals surface area contributed by atoms with Gasteiger partial charge in [-0.25, -0.2) is 0 Å². The van der Waals surface area contributed by atoms with Gasteiger partial charge in [0.25, 0.3) is 11.8 Å². The normalized spacial score (nSPS) is 13.0. The molecular formula is C34H43ClN4O6. The molecule has 45 heavy (non-hydrogen) atoms. The number of nitrogens with zero attached hydrogens (tertiary/aromatic N) is 3. The highest BCUT2D eigenvalue weighted by molar-refractivity contribution is 6.09. The molecule has 1 aliphatic heterocycles. The molecule has 3 amide bonds. The minimum Gasteiger partial charge on any atom is -0.507 e. The number of para-hydroxylation sites is 1. The summed E-state index contributed by atoms with van der Waals surface area (Å²) >= 11 is 0. The lowest BCUT2D eigenvalue weighted by Gasteiger charge is -2.32. The number of hydrogen-bond acceptors (Lipinski definition) is 7. The summed E-state index contributed by atoms with van der Waals surface area (Å²) in [5, 5.41) is 12.7. The van der Waals surface area contributed by atoms with Gasteiger partial charge in [-0.2, -0.15) is 0 Å². The first-order valence-electron chi connectivity index (χ1n) is 14.9. The van der Waals surface area contributed by atoms with Gasteiger partial charge in [0.2, 0.25) is 5.91 Å². The predicted molar refractivity (Wildman–Crippen MR) is 178 cm³/mol. The SMILES string of the molecule is COc1cc(C(=O)N(C)c2ccc(C)cc2OCCCCCC(=O)N2CCN(C)CC2)ccc1NC(=O)c1ccccc1O.Cl. The molecule has 4 rings (SSSR count). The quantitative estimate of drug-likeness (QED) is 0.257. The summed E-state index contributed by atoms with van der Waals surface area (Å²) in [5.41, 5.74) is 2.49. The van der Waals surface area contributed by atoms with E-state index >= 15 is 0 Å². The number of ether oxygens (including phenoxy) is 2. The van der Waals surface area contributed by atoms with Crippen LogP contribution < -0.4 is 19.7 Å². The molecule has 0 saturated carbocycles. The van der Waals surface area contributed by atoms with Crippen LogP contribution in [0.15, 0.2) is 60.7 Å². The fourth-order valence-corrected chi connectivity index (χ4v) is 5.05. The van der Waals surface area contributed by atoms with Crippen LogP contribution in [0.4, 0.5) is 11.4 Å². The number of carbonyl (C=O) groups excluding carboxylic acids is 3. The summed E-state index contributed by atoms with van der Waals surface area (Å²) in [6.07, 6.45) is 3.05. The zero-order chi connectivity index (χ0) is 31.6. The minimum absolute atomic E-state index is 0. The number of methoxy groups -OCH3 is 1. The van der Waals surface area contributed by atoms with E-state index < -0.39 is 5.91 Å². The summed E-state index contributed by atoms with van der Waals surface area (Å²) in [6.45, 7) is 5.89. The first kappa shape index (κ1) is 35.2. The van der Waals surface area contributed by atoms with Gasteiger partial charge in [0.1, 0.15) is 17.2 Å². The van der Waals surface area contributed by atoms with Crippen LogP contribution in [0.2, 0.25) is 0 Å². The Hall–Kier alpha value is -4.28. The first-order chi connectivity index (χ1) is 21.2. The van der Waals surface area contributed by atoms with E-state index in [0.717, 1.165) is 51.0 Å². The van der Waals surface area contributed by atoms with E-state index in [2.05, 4.69) is 17.3 Å². The smallest absolute Gasteiger partial charge is 0.259 e. The minimum atomic E-state index is -0.499. The first-order valence-corrected chi connectivity index (χ1v) is 14.9. The number of nitrogens with one attached hydrogen (secondary N) is 1. The van der Waals surface area contributed by atoms with Gasteiger partial charge in [-0.05, 0) is 81.3 Å². The third kappa shape index (κ3) is 9.36. The maximum atomic E-state index is 13.5. The van der Waals surface area contributed by atoms with Crippen LogP contribution in [0.1, 0.15) is 52.0 Å². The van der Waals surface area contributed by atoms with Crippen LogP contribution >= 0.6 is 12.4 Å². The molecule has 1 heterocycles. The standard InChI is InChI=1S/C34H42N4O6.ClH/c1-24-13-16-28(31(22-24)44-21-9-5-6-12-32(40)38-19-17-36(2)18-20-38)37(3)34(42)25-14-15-27(30(23-25)43-4)35-33(41)26-10-7-8-11-29(26)39;/h7-8,10-11,13-16,22-23,39H,5-6,9,12,17-21H2,1-4H3,(H,35,41);1H. The van der Waals surface area contributed by atoms with Gasteiger partial charge in [-0.3, -0.25) is 14.4 Å². The maximum absolute atomic E-state index is 13.5. The van der Waals surface area contributed by atoms with Crippen LogP contribution in [0.25, 0.3) is 0 Å². The highest BCUT2D eigenvalue weighted by atomic mass is 35.5. The van der Waals surface area contributed by atoms with Crippen LogP contribution in [0, 0.1) is 6.92 Å². The number of aromatic hydroxyl groups is 1. The van der Waals surface area contributed by atoms with E-state index in [1.54, 1.807) is 37.4 Å². The summed E-state index contributed by atoms with van der Waals surface area (Å²) < 4.78 is 11.6. The van der Waals surface area contributed by atoms with Crippen molar-refractivity contribution in [1.29, 1.82) is 0 Å². The van der Waals surface area contributed by atoms with E-state index in [-0.39, 0.29) is 35.5 Å². The van der Waals surface area contributed by atoms with E-state index in [0.29, 0.717) is 41.5 Å². The topological polar surface area (TPSA) is 112 Å². The fraction of sp³-hybridized carbons (Fsp3) is 0.382. The van der Waals surface area contributed by atoms with E-state index in [1.165, 1.54) is 24.1 Å². The molecule has 1 fully saturated rings. The Balaban J connectivity index is 0.00000552. The number of carbonyl (C=O) groups is 3. The number of benzene rings is 3. The molecule has 11 heteroatoms. The Morgan fingerprint density at radius 2 is 1.67 bits per heavy atom. The van der Waals surface area contributed by atoms with Gasteiger partial charge < -0.3 is 34.6 Å². The lowest BCUT2D eigenvalue weighted by atomic mass is 10.1. The van der Waals surface area contributed by atoms with Gasteiger partial charge in [0.05, 0.1) is 30.7 Å². The van der Waals surface area contributed by atoms with Crippen molar-refractivity contribution in [2.75, 3.05) is 64.2 Å². The molecule has 10 nitrogen and oxygen atoms in total. The molecule has 0 bridgehead atoms. The van der Waals surface area contributed by atoms with Gasteiger partial charge in [-0.15, -0.1) is 12.4 Å². The van der Waals surface area contributed by atoms with Crippen LogP contribution in [0.3, 0.4) is 0 Å². The summed E-state index contributed by atoms with van der Waals surface area (Å²) in [6, 6.07) is 16.7. The number of halogens is 1. The number of anilines is 2. The number of unbranched alkanes of at least 4 members (excludes halogenated alkanes) is 2. The van der Waals surface area contributed by atoms with Crippen molar-refractivity contribution in [1.82, 2.24) is 9.80 Å². The monoisotopic (exact) mass is 638 g/mol. The molecule has 2 N–H and O–H groups in total. The lowest BCUT2D eigenvalue weighted by molar-refractivity contribution is -0.132. The molecule has 3 aromatic carbocycles. The highest BCUT2D eigenvalue weighted by Gasteiger charge is 2.21. The second-order valence-corrected chi connectivity index (χ2v) is 11.1. The number of likely N-dealkylation sites (N-methyl/N-ethyl adjacent to an activating group) is 1. The third-order valence-electron chi connectivity index (χ3n) is 7.78. The molecule has 242 valence electrons. The van der Waals surface area contributed by atoms with Crippen LogP contribution in [-0.4, -0.2) is 86.6 Å². The molecule has 0 aromatic heterocycles. The van der Waals surface area contributed by atoms with E-state index in [9.17, 15) is 19.5 Å². The second kappa shape index (κ2) is 16.7. The van der Waals surface area contributed by atoms with Crippen LogP contribution in [-0.2, 0) is 4.79 Å². The maximum Gasteiger partial charge on any atom is 0.259 e. The van der Waals surface area contributed by atoms with Crippen molar-refractivity contribution in [3.8, 4) is 17.2 Å². The number of phenolic OH excluding ortho intramolecular Hbond substituents is 1. The molecule has 0 radical (unpaired) electrons. The molecule has 1 aliphatic rings. The Morgan fingerprint density at radius 1 is 0.933 bits per heavy atom. The van der Waals surface area contributed by atoms with Gasteiger partial charge in [-0.1, -0.05) is 18.2 Å². The van der Waals surface area contributed by atoms with Gasteiger partial charge in [0.15, 0.2) is 0 Å². The third-order valence-corrected chi connectivity index (χ3v) is 7.78. The summed E-state index contributed by atoms with van der Waals surface area (Å²) in [7, 11) is 5.22. The number of rotatable bonds is 12. The number of hydrogen-bond donors (Lipinski definition) is 2. The number of amides is 3. The summed E-state index contributed by atoms with van der Waals surface area (Å²) in [4.78, 5) is 44.4. The largest absolute Gasteiger partial charge is 0.507 e. The van der Waals surface area contributed by atoms with Crippen molar-refractivity contribution >= 4 is 41.5 Å². The van der Waals surface area contributed by atoms with E-state index in [1.807, 2.05) is 30.0 Å². The Kier molecular flexibility index (Phi) is 13.1. The van der Waals surface area contributed by atoms with Crippen molar-refractivity contribution in [2.24, 2.45) is 0 Å². The average molecular weight is 639 g/mol. The Morgan fingerprint density at radius 3 is 2.38 bits per heavy atom. The van der Waals surface area contributed by atoms with Crippen molar-refractivity contribution in [3.05, 3.63) is 77.4 Å². The molecule has 3 aromatic rings. The zero-order valence-corrected chi connectivity index (χ0v) is 27.2. The molecule has 0 unspecified atom stereocenters. The van der Waals surface area contributed by atoms with Gasteiger partial charge in [0, 0.05) is 45.2 Å². The van der Waals surface area contributed by atoms with Crippen molar-refractivity contribution < 1.29 is 29.0 Å². The second-order valence-electron chi connectivity index (χ2n) is 11.1. The number of piperazine rings is 1. The van der Waals surface area contributed by atoms with Gasteiger partial charge >= 0.3 is 0 Å². The molecule has 0 atom stereocenters. The molecule has 0 aliphatic carbocycles. The van der Waals surface area contributed by atoms with E-state index in [4.69, 9.17) is 9.47 Å². The average Bonchev–Trinajstić information content (AvgIpc) is 3.02. The molecule has 1 saturated heterocycles. The Labute approximate surface area is 271 Å². The number of aryl methyl sites for hydroxylation is 1. The molecular weight excluding hydrogens is 596 g/mol. The fourth-order valence-electron chi connectivity index (χ4n) is 5.05. The predicted octanol–water partition coefficient (Wildman–Crippen LogP) is 5.37. The van der Waals surface area contributed by atoms with Crippen molar-refractivity contribution in [2.45, 2.75) is 32.6 Å². The lowest BCUT2D eigenvalue weighted by Crippen LogP contribution is -2.47. The molecule has 0 spiro atoms. The zero-order valence-electron chi connectivity index (χ0n) is 26.4. The summed E-state index contributed by atoms with van der Waals surface area (Å²) in [5.74, 6) is 0.221. The van der Waals surface area contributed by atoms with Crippen molar-refractivity contribution in [3.63, 3.8) is 0 Å². The number of phenols is 1.